The lowest BCUT2D eigenvalue weighted by Gasteiger charge is -2.16. The van der Waals surface area contributed by atoms with Gasteiger partial charge in [-0.25, -0.2) is 13.1 Å². The minimum atomic E-state index is -3.18. The first-order chi connectivity index (χ1) is 6.41. The summed E-state index contributed by atoms with van der Waals surface area (Å²) < 4.78 is 25.6. The fourth-order valence-corrected chi connectivity index (χ4v) is 3.01. The van der Waals surface area contributed by atoms with Crippen molar-refractivity contribution in [2.24, 2.45) is 5.92 Å². The number of hydrogen-bond donors (Lipinski definition) is 2. The van der Waals surface area contributed by atoms with Gasteiger partial charge in [0.15, 0.2) is 0 Å². The molecule has 2 N–H and O–H groups in total. The number of hydrogen-bond acceptors (Lipinski definition) is 3. The lowest BCUT2D eigenvalue weighted by atomic mass is 10.2. The zero-order valence-corrected chi connectivity index (χ0v) is 9.97. The third-order valence-corrected chi connectivity index (χ3v) is 3.67. The Morgan fingerprint density at radius 1 is 1.36 bits per heavy atom. The molecule has 0 aliphatic carbocycles. The summed E-state index contributed by atoms with van der Waals surface area (Å²) >= 11 is 0. The molecule has 0 aromatic heterocycles. The molecule has 0 spiro atoms. The zero-order valence-electron chi connectivity index (χ0n) is 9.16. The van der Waals surface area contributed by atoms with E-state index in [1.807, 2.05) is 20.8 Å². The van der Waals surface area contributed by atoms with Crippen LogP contribution in [-0.4, -0.2) is 31.9 Å². The third-order valence-electron chi connectivity index (χ3n) is 1.87. The van der Waals surface area contributed by atoms with Gasteiger partial charge in [0.2, 0.25) is 10.0 Å². The van der Waals surface area contributed by atoms with Crippen LogP contribution >= 0.6 is 0 Å². The number of rotatable bonds is 7. The topological polar surface area (TPSA) is 66.4 Å². The highest BCUT2D eigenvalue weighted by Crippen LogP contribution is 2.03. The predicted molar refractivity (Wildman–Crippen MR) is 57.5 cm³/mol. The first kappa shape index (κ1) is 13.9. The molecule has 0 fully saturated rings. The Balaban J connectivity index is 4.18. The number of aliphatic hydroxyl groups is 1. The minimum Gasteiger partial charge on any atom is -0.396 e. The van der Waals surface area contributed by atoms with E-state index in [-0.39, 0.29) is 24.3 Å². The van der Waals surface area contributed by atoms with Crippen molar-refractivity contribution in [3.05, 3.63) is 0 Å². The van der Waals surface area contributed by atoms with E-state index >= 15 is 0 Å². The normalized spacial score (nSPS) is 14.6. The fraction of sp³-hybridized carbons (Fsp3) is 1.00. The monoisotopic (exact) mass is 223 g/mol. The Morgan fingerprint density at radius 2 is 1.93 bits per heavy atom. The number of aliphatic hydroxyl groups excluding tert-OH is 1. The molecule has 0 rings (SSSR count). The maximum absolute atomic E-state index is 11.5. The summed E-state index contributed by atoms with van der Waals surface area (Å²) in [7, 11) is -3.18. The summed E-state index contributed by atoms with van der Waals surface area (Å²) in [5.74, 6) is 0.272. The summed E-state index contributed by atoms with van der Waals surface area (Å²) in [4.78, 5) is 0. The lowest BCUT2D eigenvalue weighted by Crippen LogP contribution is -2.37. The molecule has 0 heterocycles. The maximum Gasteiger partial charge on any atom is 0.212 e. The second-order valence-corrected chi connectivity index (χ2v) is 5.71. The van der Waals surface area contributed by atoms with Gasteiger partial charge in [0.25, 0.3) is 0 Å². The molecule has 5 heteroatoms. The highest BCUT2D eigenvalue weighted by atomic mass is 32.2. The van der Waals surface area contributed by atoms with Gasteiger partial charge in [-0.3, -0.25) is 0 Å². The molecule has 0 bridgehead atoms. The highest BCUT2D eigenvalue weighted by molar-refractivity contribution is 7.89. The average molecular weight is 223 g/mol. The van der Waals surface area contributed by atoms with Crippen molar-refractivity contribution >= 4 is 10.0 Å². The largest absolute Gasteiger partial charge is 0.396 e. The van der Waals surface area contributed by atoms with Gasteiger partial charge in [0, 0.05) is 12.6 Å². The third kappa shape index (κ3) is 6.34. The van der Waals surface area contributed by atoms with E-state index in [4.69, 9.17) is 5.11 Å². The molecule has 0 aromatic carbocycles. The average Bonchev–Trinajstić information content (AvgIpc) is 2.00. The first-order valence-corrected chi connectivity index (χ1v) is 6.67. The zero-order chi connectivity index (χ0) is 11.2. The van der Waals surface area contributed by atoms with E-state index in [2.05, 4.69) is 4.72 Å². The fourth-order valence-electron chi connectivity index (χ4n) is 1.24. The van der Waals surface area contributed by atoms with Gasteiger partial charge < -0.3 is 5.11 Å². The van der Waals surface area contributed by atoms with Crippen LogP contribution in [0.15, 0.2) is 0 Å². The number of sulfonamides is 1. The van der Waals surface area contributed by atoms with Crippen LogP contribution in [0.1, 0.15) is 33.6 Å². The van der Waals surface area contributed by atoms with Crippen LogP contribution in [-0.2, 0) is 10.0 Å². The molecule has 0 aliphatic rings. The van der Waals surface area contributed by atoms with Gasteiger partial charge in [-0.2, -0.15) is 0 Å². The maximum atomic E-state index is 11.5. The van der Waals surface area contributed by atoms with Crippen LogP contribution in [0.25, 0.3) is 0 Å². The molecule has 1 atom stereocenters. The van der Waals surface area contributed by atoms with Crippen molar-refractivity contribution in [3.8, 4) is 0 Å². The van der Waals surface area contributed by atoms with Crippen molar-refractivity contribution in [2.75, 3.05) is 12.4 Å². The van der Waals surface area contributed by atoms with Crippen molar-refractivity contribution in [3.63, 3.8) is 0 Å². The predicted octanol–water partition coefficient (Wildman–Crippen LogP) is 0.723. The van der Waals surface area contributed by atoms with Gasteiger partial charge in [-0.1, -0.05) is 20.8 Å². The second-order valence-electron chi connectivity index (χ2n) is 3.91. The van der Waals surface area contributed by atoms with Crippen LogP contribution in [0.2, 0.25) is 0 Å². The van der Waals surface area contributed by atoms with E-state index in [0.717, 1.165) is 0 Å². The van der Waals surface area contributed by atoms with Gasteiger partial charge >= 0.3 is 0 Å². The first-order valence-electron chi connectivity index (χ1n) is 5.02. The minimum absolute atomic E-state index is 0.0166. The van der Waals surface area contributed by atoms with E-state index < -0.39 is 10.0 Å². The Hall–Kier alpha value is -0.130. The molecule has 1 unspecified atom stereocenters. The van der Waals surface area contributed by atoms with Gasteiger partial charge in [0.1, 0.15) is 0 Å². The Morgan fingerprint density at radius 3 is 2.29 bits per heavy atom. The molecule has 86 valence electrons. The lowest BCUT2D eigenvalue weighted by molar-refractivity contribution is 0.270. The summed E-state index contributed by atoms with van der Waals surface area (Å²) in [6.07, 6.45) is 1.19. The molecule has 0 aromatic rings. The molecule has 0 aliphatic heterocycles. The van der Waals surface area contributed by atoms with Crippen LogP contribution in [0.4, 0.5) is 0 Å². The van der Waals surface area contributed by atoms with Crippen LogP contribution < -0.4 is 4.72 Å². The van der Waals surface area contributed by atoms with E-state index in [0.29, 0.717) is 12.8 Å². The Kier molecular flexibility index (Phi) is 6.31. The molecule has 4 nitrogen and oxygen atoms in total. The van der Waals surface area contributed by atoms with Crippen molar-refractivity contribution in [2.45, 2.75) is 39.7 Å². The van der Waals surface area contributed by atoms with Crippen LogP contribution in [0.3, 0.4) is 0 Å². The summed E-state index contributed by atoms with van der Waals surface area (Å²) in [6, 6.07) is -0.135. The highest BCUT2D eigenvalue weighted by Gasteiger charge is 2.17. The summed E-state index contributed by atoms with van der Waals surface area (Å²) in [5.41, 5.74) is 0. The smallest absolute Gasteiger partial charge is 0.212 e. The molecule has 0 saturated heterocycles. The van der Waals surface area contributed by atoms with Crippen LogP contribution in [0, 0.1) is 5.92 Å². The van der Waals surface area contributed by atoms with Gasteiger partial charge in [-0.05, 0) is 18.8 Å². The second kappa shape index (κ2) is 6.37. The van der Waals surface area contributed by atoms with Crippen molar-refractivity contribution in [1.29, 1.82) is 0 Å². The van der Waals surface area contributed by atoms with Crippen molar-refractivity contribution < 1.29 is 13.5 Å². The van der Waals surface area contributed by atoms with Crippen LogP contribution in [0.5, 0.6) is 0 Å². The molecule has 0 radical (unpaired) electrons. The standard InChI is InChI=1S/C9H21NO3S/c1-4-9(5-6-11)10-14(12,13)7-8(2)3/h8-11H,4-7H2,1-3H3. The summed E-state index contributed by atoms with van der Waals surface area (Å²) in [6.45, 7) is 5.65. The Labute approximate surface area is 86.8 Å². The molecule has 14 heavy (non-hydrogen) atoms. The molecule has 0 amide bonds. The number of nitrogens with one attached hydrogen (secondary N) is 1. The quantitative estimate of drug-likeness (QED) is 0.668. The van der Waals surface area contributed by atoms with E-state index in [1.165, 1.54) is 0 Å². The van der Waals surface area contributed by atoms with E-state index in [9.17, 15) is 8.42 Å². The van der Waals surface area contributed by atoms with Gasteiger partial charge in [-0.15, -0.1) is 0 Å². The summed E-state index contributed by atoms with van der Waals surface area (Å²) in [5, 5.41) is 8.71. The SMILES string of the molecule is CCC(CCO)NS(=O)(=O)CC(C)C. The Bertz CT molecular complexity index is 236. The van der Waals surface area contributed by atoms with Crippen molar-refractivity contribution in [1.82, 2.24) is 4.72 Å². The molecular formula is C9H21NO3S. The van der Waals surface area contributed by atoms with Gasteiger partial charge in [0.05, 0.1) is 5.75 Å². The molecular weight excluding hydrogens is 202 g/mol. The van der Waals surface area contributed by atoms with E-state index in [1.54, 1.807) is 0 Å². The molecule has 0 saturated carbocycles.